The van der Waals surface area contributed by atoms with Crippen molar-refractivity contribution in [2.45, 2.75) is 33.2 Å². The summed E-state index contributed by atoms with van der Waals surface area (Å²) < 4.78 is 5.57. The lowest BCUT2D eigenvalue weighted by Gasteiger charge is -2.22. The van der Waals surface area contributed by atoms with Gasteiger partial charge in [0.1, 0.15) is 5.75 Å². The molecule has 2 heteroatoms. The molecule has 2 aromatic rings. The van der Waals surface area contributed by atoms with E-state index in [0.29, 0.717) is 18.6 Å². The molecule has 0 aliphatic rings. The Morgan fingerprint density at radius 3 is 2.43 bits per heavy atom. The number of nitrogens with one attached hydrogen (secondary N) is 1. The first-order chi connectivity index (χ1) is 10.2. The molecule has 1 N–H and O–H groups in total. The van der Waals surface area contributed by atoms with Crippen LogP contribution in [0.25, 0.3) is 0 Å². The fourth-order valence-corrected chi connectivity index (χ4v) is 2.48. The molecule has 1 unspecified atom stereocenters. The van der Waals surface area contributed by atoms with Crippen molar-refractivity contribution in [3.8, 4) is 5.75 Å². The Kier molecular flexibility index (Phi) is 5.68. The molecule has 0 radical (unpaired) electrons. The predicted octanol–water partition coefficient (Wildman–Crippen LogP) is 5.28. The van der Waals surface area contributed by atoms with Crippen LogP contribution in [0.4, 0.5) is 5.69 Å². The molecule has 0 saturated carbocycles. The monoisotopic (exact) mass is 283 g/mol. The van der Waals surface area contributed by atoms with Gasteiger partial charge in [-0.3, -0.25) is 0 Å². The molecule has 0 heterocycles. The zero-order valence-corrected chi connectivity index (χ0v) is 13.2. The number of benzene rings is 2. The average molecular weight is 283 g/mol. The van der Waals surface area contributed by atoms with Crippen LogP contribution in [0.1, 0.15) is 38.8 Å². The van der Waals surface area contributed by atoms with Gasteiger partial charge in [-0.05, 0) is 37.0 Å². The second-order valence-electron chi connectivity index (χ2n) is 5.70. The van der Waals surface area contributed by atoms with Gasteiger partial charge in [-0.15, -0.1) is 0 Å². The van der Waals surface area contributed by atoms with Gasteiger partial charge in [-0.2, -0.15) is 0 Å². The van der Waals surface area contributed by atoms with Gasteiger partial charge < -0.3 is 10.1 Å². The molecular formula is C19H25NO. The average Bonchev–Trinajstić information content (AvgIpc) is 2.48. The lowest BCUT2D eigenvalue weighted by atomic mass is 9.97. The van der Waals surface area contributed by atoms with E-state index in [0.717, 1.165) is 17.9 Å². The molecule has 0 aromatic heterocycles. The number of ether oxygens (including phenoxy) is 1. The fraction of sp³-hybridized carbons (Fsp3) is 0.368. The van der Waals surface area contributed by atoms with Gasteiger partial charge in [0.2, 0.25) is 0 Å². The second-order valence-corrected chi connectivity index (χ2v) is 5.70. The maximum atomic E-state index is 5.57. The van der Waals surface area contributed by atoms with Crippen LogP contribution in [0.3, 0.4) is 0 Å². The van der Waals surface area contributed by atoms with E-state index in [9.17, 15) is 0 Å². The lowest BCUT2D eigenvalue weighted by Crippen LogP contribution is -2.13. The van der Waals surface area contributed by atoms with Crippen molar-refractivity contribution in [2.75, 3.05) is 11.9 Å². The van der Waals surface area contributed by atoms with Crippen LogP contribution in [-0.4, -0.2) is 6.61 Å². The van der Waals surface area contributed by atoms with E-state index in [4.69, 9.17) is 4.74 Å². The molecule has 0 fully saturated rings. The first kappa shape index (κ1) is 15.4. The molecule has 0 aliphatic carbocycles. The minimum absolute atomic E-state index is 0.322. The van der Waals surface area contributed by atoms with Crippen LogP contribution in [0.2, 0.25) is 0 Å². The summed E-state index contributed by atoms with van der Waals surface area (Å²) in [6.07, 6.45) is 1.10. The van der Waals surface area contributed by atoms with Crippen molar-refractivity contribution < 1.29 is 4.74 Å². The van der Waals surface area contributed by atoms with E-state index < -0.39 is 0 Å². The lowest BCUT2D eigenvalue weighted by molar-refractivity contribution is 0.340. The third-order valence-corrected chi connectivity index (χ3v) is 3.39. The van der Waals surface area contributed by atoms with Crippen molar-refractivity contribution >= 4 is 5.69 Å². The summed E-state index contributed by atoms with van der Waals surface area (Å²) in [6, 6.07) is 19.1. The van der Waals surface area contributed by atoms with Gasteiger partial charge in [0.25, 0.3) is 0 Å². The Morgan fingerprint density at radius 1 is 1.00 bits per heavy atom. The quantitative estimate of drug-likeness (QED) is 0.746. The Hall–Kier alpha value is -1.96. The molecule has 1 atom stereocenters. The van der Waals surface area contributed by atoms with Gasteiger partial charge in [-0.1, -0.05) is 50.2 Å². The first-order valence-electron chi connectivity index (χ1n) is 7.73. The van der Waals surface area contributed by atoms with Gasteiger partial charge in [0.05, 0.1) is 12.6 Å². The maximum absolute atomic E-state index is 5.57. The third-order valence-electron chi connectivity index (χ3n) is 3.39. The second kappa shape index (κ2) is 7.72. The highest BCUT2D eigenvalue weighted by Gasteiger charge is 2.13. The Bertz CT molecular complexity index is 536. The SMILES string of the molecule is CCOc1cccc(NC(CC(C)C)c2ccccc2)c1. The molecule has 2 aromatic carbocycles. The number of hydrogen-bond acceptors (Lipinski definition) is 2. The van der Waals surface area contributed by atoms with Crippen LogP contribution in [0.5, 0.6) is 5.75 Å². The Balaban J connectivity index is 2.17. The van der Waals surface area contributed by atoms with E-state index in [2.05, 4.69) is 61.6 Å². The molecule has 2 nitrogen and oxygen atoms in total. The van der Waals surface area contributed by atoms with E-state index in [-0.39, 0.29) is 0 Å². The first-order valence-corrected chi connectivity index (χ1v) is 7.73. The van der Waals surface area contributed by atoms with Gasteiger partial charge >= 0.3 is 0 Å². The van der Waals surface area contributed by atoms with E-state index in [1.807, 2.05) is 19.1 Å². The molecule has 0 amide bonds. The zero-order chi connectivity index (χ0) is 15.1. The molecule has 2 rings (SSSR count). The molecule has 0 aliphatic heterocycles. The minimum atomic E-state index is 0.322. The van der Waals surface area contributed by atoms with Crippen molar-refractivity contribution in [3.05, 3.63) is 60.2 Å². The molecule has 21 heavy (non-hydrogen) atoms. The summed E-state index contributed by atoms with van der Waals surface area (Å²) in [5, 5.41) is 3.65. The minimum Gasteiger partial charge on any atom is -0.494 e. The molecule has 112 valence electrons. The standard InChI is InChI=1S/C19H25NO/c1-4-21-18-12-8-11-17(14-18)20-19(13-15(2)3)16-9-6-5-7-10-16/h5-12,14-15,19-20H,4,13H2,1-3H3. The predicted molar refractivity (Wildman–Crippen MR) is 89.9 cm³/mol. The normalized spacial score (nSPS) is 12.2. The van der Waals surface area contributed by atoms with E-state index >= 15 is 0 Å². The number of anilines is 1. The van der Waals surface area contributed by atoms with Crippen molar-refractivity contribution in [2.24, 2.45) is 5.92 Å². The van der Waals surface area contributed by atoms with Gasteiger partial charge in [0.15, 0.2) is 0 Å². The highest BCUT2D eigenvalue weighted by molar-refractivity contribution is 5.50. The summed E-state index contributed by atoms with van der Waals surface area (Å²) in [4.78, 5) is 0. The summed E-state index contributed by atoms with van der Waals surface area (Å²) in [7, 11) is 0. The fourth-order valence-electron chi connectivity index (χ4n) is 2.48. The molecule has 0 saturated heterocycles. The Morgan fingerprint density at radius 2 is 1.76 bits per heavy atom. The smallest absolute Gasteiger partial charge is 0.121 e. The highest BCUT2D eigenvalue weighted by atomic mass is 16.5. The highest BCUT2D eigenvalue weighted by Crippen LogP contribution is 2.27. The number of rotatable bonds is 7. The summed E-state index contributed by atoms with van der Waals surface area (Å²) >= 11 is 0. The van der Waals surface area contributed by atoms with Crippen molar-refractivity contribution in [1.82, 2.24) is 0 Å². The largest absolute Gasteiger partial charge is 0.494 e. The van der Waals surface area contributed by atoms with Crippen LogP contribution in [0.15, 0.2) is 54.6 Å². The van der Waals surface area contributed by atoms with Gasteiger partial charge in [-0.25, -0.2) is 0 Å². The topological polar surface area (TPSA) is 21.3 Å². The van der Waals surface area contributed by atoms with Crippen molar-refractivity contribution in [3.63, 3.8) is 0 Å². The van der Waals surface area contributed by atoms with Crippen molar-refractivity contribution in [1.29, 1.82) is 0 Å². The van der Waals surface area contributed by atoms with E-state index in [1.54, 1.807) is 0 Å². The third kappa shape index (κ3) is 4.82. The summed E-state index contributed by atoms with van der Waals surface area (Å²) in [5.74, 6) is 1.55. The summed E-state index contributed by atoms with van der Waals surface area (Å²) in [6.45, 7) is 7.21. The van der Waals surface area contributed by atoms with Crippen LogP contribution < -0.4 is 10.1 Å². The number of hydrogen-bond donors (Lipinski definition) is 1. The molecule has 0 spiro atoms. The molecule has 0 bridgehead atoms. The zero-order valence-electron chi connectivity index (χ0n) is 13.2. The molecular weight excluding hydrogens is 258 g/mol. The van der Waals surface area contributed by atoms with Crippen LogP contribution in [-0.2, 0) is 0 Å². The van der Waals surface area contributed by atoms with Crippen LogP contribution >= 0.6 is 0 Å². The maximum Gasteiger partial charge on any atom is 0.121 e. The van der Waals surface area contributed by atoms with E-state index in [1.165, 1.54) is 5.56 Å². The summed E-state index contributed by atoms with van der Waals surface area (Å²) in [5.41, 5.74) is 2.43. The van der Waals surface area contributed by atoms with Crippen LogP contribution in [0, 0.1) is 5.92 Å². The van der Waals surface area contributed by atoms with Gasteiger partial charge in [0, 0.05) is 11.8 Å². The Labute approximate surface area is 128 Å².